The molecule has 2 fully saturated rings. The molecule has 0 radical (unpaired) electrons. The van der Waals surface area contributed by atoms with E-state index in [1.54, 1.807) is 10.6 Å². The van der Waals surface area contributed by atoms with Crippen LogP contribution in [-0.4, -0.2) is 74.4 Å². The molecule has 0 bridgehead atoms. The Bertz CT molecular complexity index is 1720. The van der Waals surface area contributed by atoms with Crippen LogP contribution in [0.15, 0.2) is 60.9 Å². The Kier molecular flexibility index (Phi) is 6.85. The first-order valence-corrected chi connectivity index (χ1v) is 14.3. The van der Waals surface area contributed by atoms with E-state index in [0.717, 1.165) is 60.9 Å². The van der Waals surface area contributed by atoms with Crippen LogP contribution in [0, 0.1) is 6.92 Å². The Labute approximate surface area is 237 Å². The van der Waals surface area contributed by atoms with E-state index in [0.29, 0.717) is 36.1 Å². The van der Waals surface area contributed by atoms with Crippen LogP contribution in [0.2, 0.25) is 0 Å². The maximum Gasteiger partial charge on any atom is 0.274 e. The molecule has 1 saturated carbocycles. The van der Waals surface area contributed by atoms with Crippen LogP contribution in [0.3, 0.4) is 0 Å². The van der Waals surface area contributed by atoms with Gasteiger partial charge < -0.3 is 14.8 Å². The number of carbonyl (C=O) groups is 1. The van der Waals surface area contributed by atoms with Crippen molar-refractivity contribution in [2.75, 3.05) is 44.8 Å². The maximum absolute atomic E-state index is 13.4. The number of nitrogens with zero attached hydrogens (tertiary/aromatic N) is 6. The van der Waals surface area contributed by atoms with Gasteiger partial charge in [0.15, 0.2) is 0 Å². The fourth-order valence-corrected chi connectivity index (χ4v) is 5.51. The molecule has 0 atom stereocenters. The number of carbonyl (C=O) groups excluding carboxylic acids is 1. The molecule has 1 aliphatic carbocycles. The number of hydrogen-bond donors (Lipinski definition) is 1. The highest BCUT2D eigenvalue weighted by atomic mass is 16.5. The topological polar surface area (TPSA) is 98.8 Å². The molecular weight excluding hydrogens is 518 g/mol. The van der Waals surface area contributed by atoms with Crippen molar-refractivity contribution in [2.24, 2.45) is 0 Å². The second-order valence-corrected chi connectivity index (χ2v) is 10.8. The van der Waals surface area contributed by atoms with Gasteiger partial charge in [0.1, 0.15) is 23.7 Å². The van der Waals surface area contributed by atoms with Gasteiger partial charge in [-0.05, 0) is 50.1 Å². The van der Waals surface area contributed by atoms with E-state index >= 15 is 0 Å². The predicted octanol–water partition coefficient (Wildman–Crippen LogP) is 4.28. The van der Waals surface area contributed by atoms with Crippen LogP contribution in [0.25, 0.3) is 16.6 Å². The highest BCUT2D eigenvalue weighted by molar-refractivity contribution is 6.08. The summed E-state index contributed by atoms with van der Waals surface area (Å²) in [4.78, 5) is 25.1. The zero-order valence-corrected chi connectivity index (χ0v) is 23.1. The van der Waals surface area contributed by atoms with E-state index in [2.05, 4.69) is 27.3 Å². The third kappa shape index (κ3) is 5.40. The average Bonchev–Trinajstić information content (AvgIpc) is 3.68. The maximum atomic E-state index is 13.4. The van der Waals surface area contributed by atoms with Crippen LogP contribution in [-0.2, 0) is 11.3 Å². The summed E-state index contributed by atoms with van der Waals surface area (Å²) in [5.74, 6) is 1.09. The molecular formula is C31H33N7O3. The molecule has 0 unspecified atom stereocenters. The molecule has 4 aromatic heterocycles. The van der Waals surface area contributed by atoms with Gasteiger partial charge >= 0.3 is 0 Å². The number of amides is 1. The van der Waals surface area contributed by atoms with E-state index in [-0.39, 0.29) is 5.91 Å². The van der Waals surface area contributed by atoms with Crippen LogP contribution in [0.5, 0.6) is 5.75 Å². The van der Waals surface area contributed by atoms with Crippen molar-refractivity contribution in [1.82, 2.24) is 29.0 Å². The van der Waals surface area contributed by atoms with Gasteiger partial charge in [-0.25, -0.2) is 4.98 Å². The van der Waals surface area contributed by atoms with Crippen LogP contribution in [0.1, 0.15) is 46.3 Å². The lowest BCUT2D eigenvalue weighted by atomic mass is 10.1. The Morgan fingerprint density at radius 3 is 2.83 bits per heavy atom. The fourth-order valence-electron chi connectivity index (χ4n) is 5.51. The van der Waals surface area contributed by atoms with Crippen LogP contribution in [0.4, 0.5) is 5.69 Å². The minimum absolute atomic E-state index is 0.239. The number of nitrogens with one attached hydrogen (secondary N) is 1. The summed E-state index contributed by atoms with van der Waals surface area (Å²) in [5.41, 5.74) is 5.79. The number of anilines is 1. The number of pyridine rings is 2. The molecule has 5 heterocycles. The van der Waals surface area contributed by atoms with Gasteiger partial charge in [-0.2, -0.15) is 5.10 Å². The van der Waals surface area contributed by atoms with E-state index in [9.17, 15) is 4.79 Å². The number of ether oxygens (including phenoxy) is 2. The molecule has 0 spiro atoms. The molecule has 10 heteroatoms. The molecule has 1 aliphatic heterocycles. The molecule has 7 rings (SSSR count). The highest BCUT2D eigenvalue weighted by Gasteiger charge is 2.25. The SMILES string of the molecule is Cc1nn(Cc2cccc(C3CC3)n2)c2cccc(NC(=O)c3cnc4cc(OCCN5CCOCC5)ccn34)c12. The first-order chi connectivity index (χ1) is 20.1. The summed E-state index contributed by atoms with van der Waals surface area (Å²) in [5, 5.41) is 8.82. The smallest absolute Gasteiger partial charge is 0.274 e. The molecule has 2 aliphatic rings. The lowest BCUT2D eigenvalue weighted by Gasteiger charge is -2.26. The fraction of sp³-hybridized carbons (Fsp3) is 0.355. The van der Waals surface area contributed by atoms with Gasteiger partial charge in [0, 0.05) is 48.9 Å². The molecule has 5 aromatic rings. The average molecular weight is 552 g/mol. The number of hydrogen-bond acceptors (Lipinski definition) is 7. The van der Waals surface area contributed by atoms with E-state index in [1.165, 1.54) is 18.5 Å². The van der Waals surface area contributed by atoms with Crippen LogP contribution < -0.4 is 10.1 Å². The summed E-state index contributed by atoms with van der Waals surface area (Å²) >= 11 is 0. The van der Waals surface area contributed by atoms with Crippen molar-refractivity contribution >= 4 is 28.1 Å². The Morgan fingerprint density at radius 2 is 1.98 bits per heavy atom. The molecule has 41 heavy (non-hydrogen) atoms. The summed E-state index contributed by atoms with van der Waals surface area (Å²) in [6, 6.07) is 15.9. The van der Waals surface area contributed by atoms with Gasteiger partial charge in [-0.1, -0.05) is 12.1 Å². The summed E-state index contributed by atoms with van der Waals surface area (Å²) in [6.45, 7) is 7.39. The third-order valence-corrected chi connectivity index (χ3v) is 7.83. The summed E-state index contributed by atoms with van der Waals surface area (Å²) in [6.07, 6.45) is 5.87. The number of fused-ring (bicyclic) bond motifs is 2. The Balaban J connectivity index is 1.07. The lowest BCUT2D eigenvalue weighted by molar-refractivity contribution is 0.0322. The van der Waals surface area contributed by atoms with Crippen molar-refractivity contribution in [3.05, 3.63) is 83.7 Å². The van der Waals surface area contributed by atoms with E-state index in [4.69, 9.17) is 19.6 Å². The van der Waals surface area contributed by atoms with Crippen molar-refractivity contribution in [3.63, 3.8) is 0 Å². The lowest BCUT2D eigenvalue weighted by Crippen LogP contribution is -2.38. The number of aryl methyl sites for hydroxylation is 1. The minimum atomic E-state index is -0.239. The van der Waals surface area contributed by atoms with Crippen molar-refractivity contribution in [2.45, 2.75) is 32.2 Å². The second kappa shape index (κ2) is 10.9. The number of rotatable bonds is 9. The van der Waals surface area contributed by atoms with Crippen molar-refractivity contribution in [1.29, 1.82) is 0 Å². The first-order valence-electron chi connectivity index (χ1n) is 14.3. The van der Waals surface area contributed by atoms with Gasteiger partial charge in [-0.3, -0.25) is 23.8 Å². The molecule has 1 saturated heterocycles. The van der Waals surface area contributed by atoms with E-state index in [1.807, 2.05) is 54.2 Å². The van der Waals surface area contributed by atoms with Gasteiger partial charge in [-0.15, -0.1) is 0 Å². The normalized spacial score (nSPS) is 15.9. The van der Waals surface area contributed by atoms with Crippen molar-refractivity contribution in [3.8, 4) is 5.75 Å². The largest absolute Gasteiger partial charge is 0.492 e. The Morgan fingerprint density at radius 1 is 1.12 bits per heavy atom. The zero-order chi connectivity index (χ0) is 27.8. The monoisotopic (exact) mass is 551 g/mol. The second-order valence-electron chi connectivity index (χ2n) is 10.8. The standard InChI is InChI=1S/C31H33N7O3/c1-21-30-26(6-3-7-27(30)38(35-21)20-23-4-2-5-25(33-23)22-8-9-22)34-31(39)28-19-32-29-18-24(10-11-37(28)29)41-17-14-36-12-15-40-16-13-36/h2-7,10-11,18-19,22H,8-9,12-17,20H2,1H3,(H,34,39). The number of imidazole rings is 1. The van der Waals surface area contributed by atoms with Gasteiger partial charge in [0.2, 0.25) is 0 Å². The molecule has 210 valence electrons. The molecule has 1 aromatic carbocycles. The summed E-state index contributed by atoms with van der Waals surface area (Å²) in [7, 11) is 0. The van der Waals surface area contributed by atoms with Gasteiger partial charge in [0.25, 0.3) is 5.91 Å². The molecule has 10 nitrogen and oxygen atoms in total. The van der Waals surface area contributed by atoms with Gasteiger partial charge in [0.05, 0.1) is 48.5 Å². The highest BCUT2D eigenvalue weighted by Crippen LogP contribution is 2.39. The van der Waals surface area contributed by atoms with Crippen molar-refractivity contribution < 1.29 is 14.3 Å². The van der Waals surface area contributed by atoms with Crippen LogP contribution >= 0.6 is 0 Å². The predicted molar refractivity (Wildman–Crippen MR) is 156 cm³/mol. The Hall–Kier alpha value is -4.28. The summed E-state index contributed by atoms with van der Waals surface area (Å²) < 4.78 is 15.1. The first kappa shape index (κ1) is 25.7. The van der Waals surface area contributed by atoms with E-state index < -0.39 is 0 Å². The molecule has 1 N–H and O–H groups in total. The quantitative estimate of drug-likeness (QED) is 0.292. The minimum Gasteiger partial charge on any atom is -0.492 e. The number of morpholine rings is 1. The zero-order valence-electron chi connectivity index (χ0n) is 23.1. The third-order valence-electron chi connectivity index (χ3n) is 7.83. The number of benzene rings is 1. The molecule has 1 amide bonds. The number of aromatic nitrogens is 5.